The number of carboxylic acid groups (broad SMARTS) is 1. The van der Waals surface area contributed by atoms with E-state index < -0.39 is 11.9 Å². The number of aryl methyl sites for hydroxylation is 1. The van der Waals surface area contributed by atoms with E-state index in [0.29, 0.717) is 51.5 Å². The number of carbonyl (C=O) groups excluding carboxylic acids is 1. The summed E-state index contributed by atoms with van der Waals surface area (Å²) in [6.07, 6.45) is 0. The van der Waals surface area contributed by atoms with Crippen LogP contribution in [-0.2, 0) is 4.74 Å². The van der Waals surface area contributed by atoms with E-state index in [4.69, 9.17) is 27.9 Å². The molecule has 0 spiro atoms. The summed E-state index contributed by atoms with van der Waals surface area (Å²) in [5.74, 6) is -1.50. The highest BCUT2D eigenvalue weighted by Gasteiger charge is 2.25. The Morgan fingerprint density at radius 3 is 2.77 bits per heavy atom. The Hall–Kier alpha value is -2.33. The van der Waals surface area contributed by atoms with Crippen molar-refractivity contribution in [1.29, 1.82) is 0 Å². The van der Waals surface area contributed by atoms with Gasteiger partial charge in [-0.2, -0.15) is 0 Å². The molecule has 11 heteroatoms. The molecule has 1 saturated heterocycles. The molecule has 0 radical (unpaired) electrons. The Morgan fingerprint density at radius 1 is 1.37 bits per heavy atom. The van der Waals surface area contributed by atoms with Gasteiger partial charge in [0.2, 0.25) is 0 Å². The number of thiazole rings is 1. The Bertz CT molecular complexity index is 1160. The van der Waals surface area contributed by atoms with Crippen molar-refractivity contribution in [3.63, 3.8) is 0 Å². The first-order valence-corrected chi connectivity index (χ1v) is 10.7. The fourth-order valence-corrected chi connectivity index (χ4v) is 4.72. The number of hydrogen-bond acceptors (Lipinski definition) is 6. The quantitative estimate of drug-likeness (QED) is 0.523. The summed E-state index contributed by atoms with van der Waals surface area (Å²) < 4.78 is 6.15. The summed E-state index contributed by atoms with van der Waals surface area (Å²) in [7, 11) is 0. The lowest BCUT2D eigenvalue weighted by Gasteiger charge is -2.35. The number of aromatic nitrogens is 2. The van der Waals surface area contributed by atoms with Crippen LogP contribution in [0.1, 0.15) is 33.5 Å². The Labute approximate surface area is 185 Å². The number of ether oxygens (including phenoxy) is 1. The van der Waals surface area contributed by atoms with Crippen LogP contribution in [0, 0.1) is 6.92 Å². The van der Waals surface area contributed by atoms with Crippen molar-refractivity contribution >= 4 is 67.5 Å². The van der Waals surface area contributed by atoms with Crippen LogP contribution >= 0.6 is 34.5 Å². The van der Waals surface area contributed by atoms with E-state index in [1.807, 2.05) is 6.92 Å². The molecule has 0 bridgehead atoms. The zero-order valence-corrected chi connectivity index (χ0v) is 18.4. The third-order valence-electron chi connectivity index (χ3n) is 4.90. The van der Waals surface area contributed by atoms with Gasteiger partial charge in [0.15, 0.2) is 5.13 Å². The lowest BCUT2D eigenvalue weighted by molar-refractivity contribution is 0.0696. The van der Waals surface area contributed by atoms with Gasteiger partial charge in [0.25, 0.3) is 5.91 Å². The summed E-state index contributed by atoms with van der Waals surface area (Å²) in [6.45, 7) is 5.42. The van der Waals surface area contributed by atoms with Crippen LogP contribution in [0.4, 0.5) is 10.8 Å². The first-order valence-electron chi connectivity index (χ1n) is 9.13. The van der Waals surface area contributed by atoms with E-state index >= 15 is 0 Å². The van der Waals surface area contributed by atoms with Crippen molar-refractivity contribution in [2.75, 3.05) is 30.0 Å². The van der Waals surface area contributed by atoms with Gasteiger partial charge in [-0.25, -0.2) is 9.78 Å². The molecule has 0 aliphatic carbocycles. The first-order chi connectivity index (χ1) is 14.3. The van der Waals surface area contributed by atoms with Gasteiger partial charge < -0.3 is 19.7 Å². The second-order valence-electron chi connectivity index (χ2n) is 6.99. The second-order valence-corrected chi connectivity index (χ2v) is 8.78. The fraction of sp³-hybridized carbons (Fsp3) is 0.316. The number of anilines is 2. The van der Waals surface area contributed by atoms with Crippen LogP contribution in [0.2, 0.25) is 10.0 Å². The summed E-state index contributed by atoms with van der Waals surface area (Å²) in [4.78, 5) is 33.8. The minimum Gasteiger partial charge on any atom is -0.478 e. The number of amides is 1. The van der Waals surface area contributed by atoms with Gasteiger partial charge in [0.05, 0.1) is 39.2 Å². The third-order valence-corrected chi connectivity index (χ3v) is 6.77. The summed E-state index contributed by atoms with van der Waals surface area (Å²) in [5, 5.41) is 13.0. The largest absolute Gasteiger partial charge is 0.478 e. The summed E-state index contributed by atoms with van der Waals surface area (Å²) in [6, 6.07) is 3.24. The molecule has 0 unspecified atom stereocenters. The number of H-pyrrole nitrogens is 1. The third kappa shape index (κ3) is 3.74. The van der Waals surface area contributed by atoms with Gasteiger partial charge in [0, 0.05) is 18.3 Å². The van der Waals surface area contributed by atoms with Gasteiger partial charge in [-0.15, -0.1) is 0 Å². The molecule has 0 saturated carbocycles. The van der Waals surface area contributed by atoms with E-state index in [0.717, 1.165) is 0 Å². The van der Waals surface area contributed by atoms with Crippen molar-refractivity contribution in [2.24, 2.45) is 0 Å². The normalized spacial score (nSPS) is 16.8. The number of rotatable bonds is 4. The zero-order valence-electron chi connectivity index (χ0n) is 16.1. The average molecular weight is 469 g/mol. The van der Waals surface area contributed by atoms with Gasteiger partial charge >= 0.3 is 5.97 Å². The number of aromatic amines is 1. The molecule has 1 fully saturated rings. The smallest absolute Gasteiger partial charge is 0.335 e. The summed E-state index contributed by atoms with van der Waals surface area (Å²) in [5.41, 5.74) is 2.22. The molecule has 1 aromatic carbocycles. The lowest BCUT2D eigenvalue weighted by atomic mass is 10.1. The van der Waals surface area contributed by atoms with Crippen molar-refractivity contribution in [2.45, 2.75) is 19.9 Å². The van der Waals surface area contributed by atoms with Crippen LogP contribution in [0.3, 0.4) is 0 Å². The molecule has 3 N–H and O–H groups in total. The number of nitrogens with one attached hydrogen (secondary N) is 2. The molecular weight excluding hydrogens is 451 g/mol. The predicted octanol–water partition coefficient (Wildman–Crippen LogP) is 4.42. The maximum atomic E-state index is 12.7. The van der Waals surface area contributed by atoms with Crippen LogP contribution < -0.4 is 10.2 Å². The van der Waals surface area contributed by atoms with Crippen LogP contribution in [0.5, 0.6) is 0 Å². The number of hydrogen-bond donors (Lipinski definition) is 3. The Balaban J connectivity index is 1.74. The van der Waals surface area contributed by atoms with Crippen molar-refractivity contribution in [1.82, 2.24) is 9.97 Å². The SMILES string of the molecule is Cc1[nH]c(C(=O)Nc2nc3c(N4CCOC[C@H]4C)cc(C(=O)O)cc3s2)c(Cl)c1Cl. The van der Waals surface area contributed by atoms with Gasteiger partial charge in [-0.05, 0) is 26.0 Å². The highest BCUT2D eigenvalue weighted by molar-refractivity contribution is 7.22. The number of nitrogens with zero attached hydrogens (tertiary/aromatic N) is 2. The molecule has 158 valence electrons. The Kier molecular flexibility index (Phi) is 5.63. The van der Waals surface area contributed by atoms with Gasteiger partial charge in [-0.1, -0.05) is 34.5 Å². The molecule has 3 heterocycles. The number of benzene rings is 1. The number of halogens is 2. The minimum atomic E-state index is -1.03. The van der Waals surface area contributed by atoms with E-state index in [-0.39, 0.29) is 22.3 Å². The maximum absolute atomic E-state index is 12.7. The molecule has 3 aromatic rings. The van der Waals surface area contributed by atoms with E-state index in [2.05, 4.69) is 20.2 Å². The van der Waals surface area contributed by atoms with E-state index in [9.17, 15) is 14.7 Å². The molecule has 2 aromatic heterocycles. The van der Waals surface area contributed by atoms with E-state index in [1.165, 1.54) is 11.3 Å². The number of fused-ring (bicyclic) bond motifs is 1. The molecule has 8 nitrogen and oxygen atoms in total. The molecule has 1 aliphatic rings. The topological polar surface area (TPSA) is 108 Å². The monoisotopic (exact) mass is 468 g/mol. The number of carbonyl (C=O) groups is 2. The second kappa shape index (κ2) is 8.07. The number of morpholine rings is 1. The van der Waals surface area contributed by atoms with Crippen molar-refractivity contribution < 1.29 is 19.4 Å². The summed E-state index contributed by atoms with van der Waals surface area (Å²) >= 11 is 13.4. The molecular formula is C19H18Cl2N4O4S. The van der Waals surface area contributed by atoms with Gasteiger partial charge in [-0.3, -0.25) is 10.1 Å². The lowest BCUT2D eigenvalue weighted by Crippen LogP contribution is -2.43. The standard InChI is InChI=1S/C19H18Cl2N4O4S/c1-8-7-29-4-3-25(8)11-5-10(18(27)28)6-12-15(11)23-19(30-12)24-17(26)16-14(21)13(20)9(2)22-16/h5-6,8,22H,3-4,7H2,1-2H3,(H,27,28)(H,23,24,26)/t8-/m1/s1. The van der Waals surface area contributed by atoms with Crippen LogP contribution in [-0.4, -0.2) is 52.8 Å². The van der Waals surface area contributed by atoms with E-state index in [1.54, 1.807) is 19.1 Å². The van der Waals surface area contributed by atoms with Crippen LogP contribution in [0.15, 0.2) is 12.1 Å². The number of aromatic carboxylic acids is 1. The molecule has 1 aliphatic heterocycles. The molecule has 30 heavy (non-hydrogen) atoms. The van der Waals surface area contributed by atoms with Crippen LogP contribution in [0.25, 0.3) is 10.2 Å². The highest BCUT2D eigenvalue weighted by Crippen LogP contribution is 2.36. The number of carboxylic acids is 1. The van der Waals surface area contributed by atoms with Gasteiger partial charge in [0.1, 0.15) is 11.2 Å². The molecule has 1 amide bonds. The highest BCUT2D eigenvalue weighted by atomic mass is 35.5. The average Bonchev–Trinajstić information content (AvgIpc) is 3.23. The fourth-order valence-electron chi connectivity index (χ4n) is 3.38. The first kappa shape index (κ1) is 20.9. The Morgan fingerprint density at radius 2 is 2.13 bits per heavy atom. The molecule has 1 atom stereocenters. The maximum Gasteiger partial charge on any atom is 0.335 e. The minimum absolute atomic E-state index is 0.0635. The van der Waals surface area contributed by atoms with Crippen molar-refractivity contribution in [3.8, 4) is 0 Å². The molecule has 4 rings (SSSR count). The van der Waals surface area contributed by atoms with Crippen molar-refractivity contribution in [3.05, 3.63) is 39.1 Å². The predicted molar refractivity (Wildman–Crippen MR) is 118 cm³/mol. The zero-order chi connectivity index (χ0) is 21.6.